The van der Waals surface area contributed by atoms with Crippen molar-refractivity contribution in [3.05, 3.63) is 159 Å². The molecule has 0 amide bonds. The molecule has 1 aromatic heterocycles. The Balaban J connectivity index is 1.41. The lowest BCUT2D eigenvalue weighted by atomic mass is 9.96. The molecule has 0 aliphatic rings. The molecule has 1 heterocycles. The van der Waals surface area contributed by atoms with Gasteiger partial charge in [0.2, 0.25) is 0 Å². The monoisotopic (exact) mass is 593 g/mol. The van der Waals surface area contributed by atoms with Crippen molar-refractivity contribution in [2.75, 3.05) is 10.6 Å². The predicted molar refractivity (Wildman–Crippen MR) is 174 cm³/mol. The Kier molecular flexibility index (Phi) is 9.38. The number of halogens is 3. The molecule has 0 aliphatic carbocycles. The van der Waals surface area contributed by atoms with Gasteiger partial charge in [-0.15, -0.1) is 0 Å². The van der Waals surface area contributed by atoms with Gasteiger partial charge in [-0.05, 0) is 123 Å². The van der Waals surface area contributed by atoms with Gasteiger partial charge >= 0.3 is 0 Å². The summed E-state index contributed by atoms with van der Waals surface area (Å²) in [4.78, 5) is 4.96. The SMILES string of the molecule is Cc1cc(C)c(NC(C)c2cccc(C(C)Nc3c(F)cc(Cc4ccc(F)cc4)cc3Cc3ccc(F)cc3)n2)c(C)c1. The Bertz CT molecular complexity index is 1720. The van der Waals surface area contributed by atoms with E-state index in [1.54, 1.807) is 24.3 Å². The molecular formula is C38H38F3N3. The van der Waals surface area contributed by atoms with E-state index < -0.39 is 0 Å². The Labute approximate surface area is 258 Å². The first kappa shape index (κ1) is 30.9. The van der Waals surface area contributed by atoms with E-state index in [0.717, 1.165) is 39.3 Å². The highest BCUT2D eigenvalue weighted by atomic mass is 19.1. The van der Waals surface area contributed by atoms with Gasteiger partial charge in [-0.3, -0.25) is 4.98 Å². The van der Waals surface area contributed by atoms with Crippen LogP contribution in [0.4, 0.5) is 24.5 Å². The minimum absolute atomic E-state index is 0.0428. The smallest absolute Gasteiger partial charge is 0.146 e. The molecule has 44 heavy (non-hydrogen) atoms. The molecule has 0 saturated heterocycles. The normalized spacial score (nSPS) is 12.5. The lowest BCUT2D eigenvalue weighted by Crippen LogP contribution is -2.15. The summed E-state index contributed by atoms with van der Waals surface area (Å²) < 4.78 is 42.9. The highest BCUT2D eigenvalue weighted by Gasteiger charge is 2.18. The van der Waals surface area contributed by atoms with Crippen LogP contribution in [0.5, 0.6) is 0 Å². The van der Waals surface area contributed by atoms with Crippen LogP contribution in [-0.4, -0.2) is 4.98 Å². The van der Waals surface area contributed by atoms with Gasteiger partial charge in [-0.2, -0.15) is 0 Å². The summed E-state index contributed by atoms with van der Waals surface area (Å²) in [6.07, 6.45) is 0.866. The topological polar surface area (TPSA) is 37.0 Å². The van der Waals surface area contributed by atoms with E-state index in [9.17, 15) is 8.78 Å². The number of rotatable bonds is 10. The molecule has 3 nitrogen and oxygen atoms in total. The number of anilines is 2. The average Bonchev–Trinajstić information content (AvgIpc) is 2.99. The number of nitrogens with one attached hydrogen (secondary N) is 2. The maximum atomic E-state index is 15.9. The summed E-state index contributed by atoms with van der Waals surface area (Å²) in [5.74, 6) is -1.02. The molecule has 0 aliphatic heterocycles. The molecule has 0 fully saturated rings. The number of benzene rings is 4. The van der Waals surface area contributed by atoms with Gasteiger partial charge in [0.15, 0.2) is 0 Å². The van der Waals surface area contributed by atoms with Crippen molar-refractivity contribution in [3.63, 3.8) is 0 Å². The second-order valence-corrected chi connectivity index (χ2v) is 11.7. The van der Waals surface area contributed by atoms with Crippen LogP contribution in [0.3, 0.4) is 0 Å². The van der Waals surface area contributed by atoms with Crippen molar-refractivity contribution in [2.24, 2.45) is 0 Å². The number of hydrogen-bond donors (Lipinski definition) is 2. The average molecular weight is 594 g/mol. The standard InChI is InChI=1S/C38H38F3N3/c1-23-17-24(2)37(25(3)18-23)42-26(4)35-7-6-8-36(44-35)27(5)43-38-31(20-29-11-15-33(40)16-12-29)21-30(22-34(38)41)19-28-9-13-32(39)14-10-28/h6-18,21-22,26-27,42-43H,19-20H2,1-5H3. The molecule has 0 saturated carbocycles. The molecule has 0 radical (unpaired) electrons. The molecule has 5 rings (SSSR count). The maximum Gasteiger partial charge on any atom is 0.146 e. The zero-order valence-electron chi connectivity index (χ0n) is 25.8. The van der Waals surface area contributed by atoms with Crippen molar-refractivity contribution < 1.29 is 13.2 Å². The molecular weight excluding hydrogens is 555 g/mol. The Morgan fingerprint density at radius 2 is 1.09 bits per heavy atom. The zero-order valence-corrected chi connectivity index (χ0v) is 25.8. The molecule has 4 aromatic carbocycles. The van der Waals surface area contributed by atoms with Gasteiger partial charge < -0.3 is 10.6 Å². The fourth-order valence-electron chi connectivity index (χ4n) is 5.73. The summed E-state index contributed by atoms with van der Waals surface area (Å²) >= 11 is 0. The van der Waals surface area contributed by atoms with Gasteiger partial charge in [-0.1, -0.05) is 54.1 Å². The molecule has 5 aromatic rings. The first-order chi connectivity index (χ1) is 21.0. The summed E-state index contributed by atoms with van der Waals surface area (Å²) in [5.41, 5.74) is 10.0. The third kappa shape index (κ3) is 7.49. The first-order valence-electron chi connectivity index (χ1n) is 14.9. The zero-order chi connectivity index (χ0) is 31.4. The molecule has 2 N–H and O–H groups in total. The van der Waals surface area contributed by atoms with E-state index in [1.807, 2.05) is 31.2 Å². The largest absolute Gasteiger partial charge is 0.377 e. The Hall–Kier alpha value is -4.58. The molecule has 0 spiro atoms. The number of aryl methyl sites for hydroxylation is 3. The van der Waals surface area contributed by atoms with Crippen molar-refractivity contribution >= 4 is 11.4 Å². The van der Waals surface area contributed by atoms with Crippen LogP contribution in [0.1, 0.15) is 76.3 Å². The summed E-state index contributed by atoms with van der Waals surface area (Å²) in [5, 5.41) is 7.01. The Morgan fingerprint density at radius 1 is 0.591 bits per heavy atom. The number of hydrogen-bond acceptors (Lipinski definition) is 3. The van der Waals surface area contributed by atoms with E-state index >= 15 is 4.39 Å². The van der Waals surface area contributed by atoms with E-state index in [0.29, 0.717) is 18.5 Å². The van der Waals surface area contributed by atoms with Gasteiger partial charge in [0, 0.05) is 5.69 Å². The lowest BCUT2D eigenvalue weighted by Gasteiger charge is -2.22. The van der Waals surface area contributed by atoms with E-state index in [1.165, 1.54) is 47.0 Å². The minimum Gasteiger partial charge on any atom is -0.377 e. The second-order valence-electron chi connectivity index (χ2n) is 11.7. The van der Waals surface area contributed by atoms with Crippen molar-refractivity contribution in [1.29, 1.82) is 0 Å². The Morgan fingerprint density at radius 3 is 1.64 bits per heavy atom. The molecule has 0 bridgehead atoms. The van der Waals surface area contributed by atoms with Crippen LogP contribution in [0.2, 0.25) is 0 Å². The van der Waals surface area contributed by atoms with Gasteiger partial charge in [0.25, 0.3) is 0 Å². The second kappa shape index (κ2) is 13.4. The minimum atomic E-state index is -0.384. The fraction of sp³-hybridized carbons (Fsp3) is 0.237. The van der Waals surface area contributed by atoms with Crippen molar-refractivity contribution in [1.82, 2.24) is 4.98 Å². The first-order valence-corrected chi connectivity index (χ1v) is 14.9. The molecule has 2 unspecified atom stereocenters. The third-order valence-corrected chi connectivity index (χ3v) is 7.94. The summed E-state index contributed by atoms with van der Waals surface area (Å²) in [6.45, 7) is 10.4. The van der Waals surface area contributed by atoms with Crippen LogP contribution in [0.25, 0.3) is 0 Å². The number of nitrogens with zero attached hydrogens (tertiary/aromatic N) is 1. The van der Waals surface area contributed by atoms with E-state index in [-0.39, 0.29) is 29.5 Å². The van der Waals surface area contributed by atoms with Crippen molar-refractivity contribution in [2.45, 2.75) is 59.5 Å². The molecule has 2 atom stereocenters. The highest BCUT2D eigenvalue weighted by Crippen LogP contribution is 2.31. The van der Waals surface area contributed by atoms with E-state index in [2.05, 4.69) is 50.5 Å². The van der Waals surface area contributed by atoms with Crippen LogP contribution in [0, 0.1) is 38.2 Å². The molecule has 6 heteroatoms. The van der Waals surface area contributed by atoms with Crippen LogP contribution >= 0.6 is 0 Å². The van der Waals surface area contributed by atoms with Gasteiger partial charge in [0.1, 0.15) is 17.5 Å². The molecule has 226 valence electrons. The quantitative estimate of drug-likeness (QED) is 0.169. The fourth-order valence-corrected chi connectivity index (χ4v) is 5.73. The summed E-state index contributed by atoms with van der Waals surface area (Å²) in [6, 6.07) is 25.9. The summed E-state index contributed by atoms with van der Waals surface area (Å²) in [7, 11) is 0. The van der Waals surface area contributed by atoms with Gasteiger partial charge in [0.05, 0.1) is 29.2 Å². The third-order valence-electron chi connectivity index (χ3n) is 7.94. The van der Waals surface area contributed by atoms with E-state index in [4.69, 9.17) is 4.98 Å². The number of pyridine rings is 1. The van der Waals surface area contributed by atoms with Crippen LogP contribution in [0.15, 0.2) is 91.0 Å². The lowest BCUT2D eigenvalue weighted by molar-refractivity contribution is 0.622. The maximum absolute atomic E-state index is 15.9. The van der Waals surface area contributed by atoms with Crippen molar-refractivity contribution in [3.8, 4) is 0 Å². The predicted octanol–water partition coefficient (Wildman–Crippen LogP) is 9.95. The van der Waals surface area contributed by atoms with Crippen LogP contribution in [-0.2, 0) is 12.8 Å². The van der Waals surface area contributed by atoms with Gasteiger partial charge in [-0.25, -0.2) is 13.2 Å². The van der Waals surface area contributed by atoms with Crippen LogP contribution < -0.4 is 10.6 Å². The highest BCUT2D eigenvalue weighted by molar-refractivity contribution is 5.59. The number of aromatic nitrogens is 1.